The molecule has 0 fully saturated rings. The van der Waals surface area contributed by atoms with Gasteiger partial charge in [-0.05, 0) is 18.5 Å². The lowest BCUT2D eigenvalue weighted by Gasteiger charge is -2.30. The van der Waals surface area contributed by atoms with E-state index in [0.717, 1.165) is 6.07 Å². The Bertz CT molecular complexity index is 382. The highest BCUT2D eigenvalue weighted by Crippen LogP contribution is 2.26. The zero-order valence-electron chi connectivity index (χ0n) is 11.3. The topological polar surface area (TPSA) is 21.3 Å². The van der Waals surface area contributed by atoms with Crippen LogP contribution < -0.4 is 5.32 Å². The minimum Gasteiger partial charge on any atom is -0.379 e. The predicted molar refractivity (Wildman–Crippen MR) is 68.4 cm³/mol. The Morgan fingerprint density at radius 1 is 1.28 bits per heavy atom. The molecule has 1 aromatic rings. The third-order valence-electron chi connectivity index (χ3n) is 2.98. The fourth-order valence-electron chi connectivity index (χ4n) is 2.17. The molecule has 4 heteroatoms. The van der Waals surface area contributed by atoms with E-state index in [1.54, 1.807) is 7.11 Å². The third-order valence-corrected chi connectivity index (χ3v) is 2.98. The second kappa shape index (κ2) is 6.81. The maximum atomic E-state index is 13.8. The first-order chi connectivity index (χ1) is 8.51. The Morgan fingerprint density at radius 3 is 2.39 bits per heavy atom. The molecule has 0 amide bonds. The summed E-state index contributed by atoms with van der Waals surface area (Å²) in [5.74, 6) is -0.878. The molecular weight excluding hydrogens is 236 g/mol. The molecule has 0 saturated carbocycles. The van der Waals surface area contributed by atoms with Gasteiger partial charge in [0.2, 0.25) is 0 Å². The second-order valence-corrected chi connectivity index (χ2v) is 4.65. The Labute approximate surface area is 107 Å². The van der Waals surface area contributed by atoms with Gasteiger partial charge in [0, 0.05) is 18.7 Å². The predicted octanol–water partition coefficient (Wildman–Crippen LogP) is 3.29. The highest BCUT2D eigenvalue weighted by molar-refractivity contribution is 5.23. The van der Waals surface area contributed by atoms with Gasteiger partial charge in [0.15, 0.2) is 0 Å². The van der Waals surface area contributed by atoms with Gasteiger partial charge in [-0.25, -0.2) is 8.78 Å². The number of halogens is 2. The highest BCUT2D eigenvalue weighted by atomic mass is 19.1. The van der Waals surface area contributed by atoms with Crippen molar-refractivity contribution >= 4 is 0 Å². The first kappa shape index (κ1) is 15.1. The van der Waals surface area contributed by atoms with E-state index in [1.807, 2.05) is 20.8 Å². The summed E-state index contributed by atoms with van der Waals surface area (Å²) in [7, 11) is 1.61. The van der Waals surface area contributed by atoms with Gasteiger partial charge in [0.25, 0.3) is 0 Å². The lowest BCUT2D eigenvalue weighted by Crippen LogP contribution is -2.37. The van der Waals surface area contributed by atoms with Crippen molar-refractivity contribution in [2.45, 2.75) is 32.9 Å². The van der Waals surface area contributed by atoms with Crippen molar-refractivity contribution in [2.24, 2.45) is 5.92 Å². The van der Waals surface area contributed by atoms with Crippen LogP contribution in [0.4, 0.5) is 8.78 Å². The fourth-order valence-corrected chi connectivity index (χ4v) is 2.17. The van der Waals surface area contributed by atoms with Crippen molar-refractivity contribution in [1.29, 1.82) is 0 Å². The third kappa shape index (κ3) is 3.50. The van der Waals surface area contributed by atoms with E-state index in [2.05, 4.69) is 5.32 Å². The average Bonchev–Trinajstić information content (AvgIpc) is 2.28. The molecule has 0 aliphatic heterocycles. The van der Waals surface area contributed by atoms with Crippen molar-refractivity contribution in [2.75, 3.05) is 13.7 Å². The summed E-state index contributed by atoms with van der Waals surface area (Å²) in [5.41, 5.74) is 0.443. The van der Waals surface area contributed by atoms with Crippen LogP contribution in [0.25, 0.3) is 0 Å². The van der Waals surface area contributed by atoms with Crippen LogP contribution in [0.15, 0.2) is 18.2 Å². The first-order valence-corrected chi connectivity index (χ1v) is 6.22. The van der Waals surface area contributed by atoms with Crippen molar-refractivity contribution in [1.82, 2.24) is 5.32 Å². The van der Waals surface area contributed by atoms with E-state index >= 15 is 0 Å². The normalized spacial score (nSPS) is 14.8. The number of benzene rings is 1. The van der Waals surface area contributed by atoms with Crippen LogP contribution in [0.1, 0.15) is 32.4 Å². The van der Waals surface area contributed by atoms with E-state index < -0.39 is 11.6 Å². The van der Waals surface area contributed by atoms with Crippen LogP contribution >= 0.6 is 0 Å². The van der Waals surface area contributed by atoms with Gasteiger partial charge in [-0.15, -0.1) is 0 Å². The molecule has 18 heavy (non-hydrogen) atoms. The fraction of sp³-hybridized carbons (Fsp3) is 0.571. The Balaban J connectivity index is 3.10. The maximum absolute atomic E-state index is 13.8. The SMILES string of the molecule is CCNC(c1ccc(F)cc1F)C(OC)C(C)C. The molecule has 1 aromatic carbocycles. The molecular formula is C14H21F2NO. The summed E-state index contributed by atoms with van der Waals surface area (Å²) in [6, 6.07) is 3.38. The molecule has 0 aromatic heterocycles. The molecule has 0 bridgehead atoms. The summed E-state index contributed by atoms with van der Waals surface area (Å²) in [6.07, 6.45) is -0.162. The van der Waals surface area contributed by atoms with Crippen LogP contribution in [0, 0.1) is 17.6 Å². The zero-order valence-corrected chi connectivity index (χ0v) is 11.3. The Morgan fingerprint density at radius 2 is 1.94 bits per heavy atom. The number of likely N-dealkylation sites (N-methyl/N-ethyl adjacent to an activating group) is 1. The standard InChI is InChI=1S/C14H21F2NO/c1-5-17-13(14(18-4)9(2)3)11-7-6-10(15)8-12(11)16/h6-9,13-14,17H,5H2,1-4H3. The monoisotopic (exact) mass is 257 g/mol. The van der Waals surface area contributed by atoms with Crippen LogP contribution in [0.5, 0.6) is 0 Å². The maximum Gasteiger partial charge on any atom is 0.130 e. The van der Waals surface area contributed by atoms with E-state index in [4.69, 9.17) is 4.74 Å². The summed E-state index contributed by atoms with van der Waals surface area (Å²) in [5, 5.41) is 3.20. The van der Waals surface area contributed by atoms with Crippen molar-refractivity contribution < 1.29 is 13.5 Å². The molecule has 2 atom stereocenters. The summed E-state index contributed by atoms with van der Waals surface area (Å²) >= 11 is 0. The second-order valence-electron chi connectivity index (χ2n) is 4.65. The molecule has 0 spiro atoms. The molecule has 0 heterocycles. The molecule has 2 unspecified atom stereocenters. The Kier molecular flexibility index (Phi) is 5.69. The zero-order chi connectivity index (χ0) is 13.7. The smallest absolute Gasteiger partial charge is 0.130 e. The van der Waals surface area contributed by atoms with E-state index in [9.17, 15) is 8.78 Å². The molecule has 1 N–H and O–H groups in total. The van der Waals surface area contributed by atoms with E-state index in [1.165, 1.54) is 12.1 Å². The number of ether oxygens (including phenoxy) is 1. The molecule has 1 rings (SSSR count). The highest BCUT2D eigenvalue weighted by Gasteiger charge is 2.27. The number of rotatable bonds is 6. The lowest BCUT2D eigenvalue weighted by molar-refractivity contribution is 0.0321. The van der Waals surface area contributed by atoms with Gasteiger partial charge in [0.1, 0.15) is 11.6 Å². The molecule has 0 aliphatic rings. The Hall–Kier alpha value is -1.00. The quantitative estimate of drug-likeness (QED) is 0.844. The van der Waals surface area contributed by atoms with Crippen molar-refractivity contribution in [3.63, 3.8) is 0 Å². The van der Waals surface area contributed by atoms with Gasteiger partial charge in [-0.3, -0.25) is 0 Å². The van der Waals surface area contributed by atoms with Crippen LogP contribution in [0.2, 0.25) is 0 Å². The number of nitrogens with one attached hydrogen (secondary N) is 1. The molecule has 102 valence electrons. The van der Waals surface area contributed by atoms with Crippen molar-refractivity contribution in [3.05, 3.63) is 35.4 Å². The van der Waals surface area contributed by atoms with Crippen LogP contribution in [-0.4, -0.2) is 19.8 Å². The van der Waals surface area contributed by atoms with Gasteiger partial charge in [-0.2, -0.15) is 0 Å². The molecule has 0 aliphatic carbocycles. The minimum absolute atomic E-state index is 0.162. The summed E-state index contributed by atoms with van der Waals surface area (Å²) in [4.78, 5) is 0. The average molecular weight is 257 g/mol. The van der Waals surface area contributed by atoms with Crippen LogP contribution in [0.3, 0.4) is 0 Å². The lowest BCUT2D eigenvalue weighted by atomic mass is 9.93. The molecule has 2 nitrogen and oxygen atoms in total. The number of methoxy groups -OCH3 is 1. The van der Waals surface area contributed by atoms with Gasteiger partial charge in [0.05, 0.1) is 12.1 Å². The molecule has 0 saturated heterocycles. The van der Waals surface area contributed by atoms with E-state index in [0.29, 0.717) is 12.1 Å². The number of hydrogen-bond donors (Lipinski definition) is 1. The number of hydrogen-bond acceptors (Lipinski definition) is 2. The molecule has 0 radical (unpaired) electrons. The van der Waals surface area contributed by atoms with Crippen LogP contribution in [-0.2, 0) is 4.74 Å². The van der Waals surface area contributed by atoms with Gasteiger partial charge < -0.3 is 10.1 Å². The summed E-state index contributed by atoms with van der Waals surface area (Å²) < 4.78 is 32.2. The van der Waals surface area contributed by atoms with E-state index in [-0.39, 0.29) is 18.1 Å². The largest absolute Gasteiger partial charge is 0.379 e. The minimum atomic E-state index is -0.565. The summed E-state index contributed by atoms with van der Waals surface area (Å²) in [6.45, 7) is 6.66. The van der Waals surface area contributed by atoms with Crippen molar-refractivity contribution in [3.8, 4) is 0 Å². The van der Waals surface area contributed by atoms with Gasteiger partial charge in [-0.1, -0.05) is 26.8 Å². The first-order valence-electron chi connectivity index (χ1n) is 6.22. The van der Waals surface area contributed by atoms with Gasteiger partial charge >= 0.3 is 0 Å².